The van der Waals surface area contributed by atoms with Crippen molar-refractivity contribution in [1.82, 2.24) is 5.32 Å². The van der Waals surface area contributed by atoms with Crippen LogP contribution in [0.3, 0.4) is 0 Å². The highest BCUT2D eigenvalue weighted by molar-refractivity contribution is 8.00. The number of hydrogen-bond acceptors (Lipinski definition) is 5. The molecule has 2 N–H and O–H groups in total. The SMILES string of the molecule is C[C@H](OC(=O)CSCC(=O)Nc1ccc(Cl)cc1)C(=O)NCC1CCCCC1. The standard InChI is InChI=1S/C20H27ClN2O4S/c1-14(20(26)22-11-15-5-3-2-4-6-15)27-19(25)13-28-12-18(24)23-17-9-7-16(21)8-10-17/h7-10,14-15H,2-6,11-13H2,1H3,(H,22,26)(H,23,24)/t14-/m0/s1. The van der Waals surface area contributed by atoms with Crippen LogP contribution in [0.25, 0.3) is 0 Å². The van der Waals surface area contributed by atoms with Crippen LogP contribution in [0.1, 0.15) is 39.0 Å². The number of benzene rings is 1. The van der Waals surface area contributed by atoms with Crippen LogP contribution >= 0.6 is 23.4 Å². The van der Waals surface area contributed by atoms with Gasteiger partial charge in [-0.05, 0) is 49.9 Å². The van der Waals surface area contributed by atoms with E-state index in [1.54, 1.807) is 31.2 Å². The molecule has 0 aromatic heterocycles. The van der Waals surface area contributed by atoms with Crippen molar-refractivity contribution < 1.29 is 19.1 Å². The molecule has 28 heavy (non-hydrogen) atoms. The Labute approximate surface area is 175 Å². The van der Waals surface area contributed by atoms with Gasteiger partial charge in [0.25, 0.3) is 5.91 Å². The summed E-state index contributed by atoms with van der Waals surface area (Å²) in [5, 5.41) is 6.17. The summed E-state index contributed by atoms with van der Waals surface area (Å²) < 4.78 is 5.15. The van der Waals surface area contributed by atoms with Gasteiger partial charge in [-0.1, -0.05) is 30.9 Å². The van der Waals surface area contributed by atoms with Crippen molar-refractivity contribution in [3.8, 4) is 0 Å². The normalized spacial score (nSPS) is 15.5. The Hall–Kier alpha value is -1.73. The van der Waals surface area contributed by atoms with Crippen molar-refractivity contribution in [2.45, 2.75) is 45.1 Å². The van der Waals surface area contributed by atoms with E-state index in [4.69, 9.17) is 16.3 Å². The topological polar surface area (TPSA) is 84.5 Å². The molecular formula is C20H27ClN2O4S. The van der Waals surface area contributed by atoms with Gasteiger partial charge in [-0.25, -0.2) is 0 Å². The molecule has 1 aromatic carbocycles. The maximum absolute atomic E-state index is 12.1. The van der Waals surface area contributed by atoms with E-state index in [1.807, 2.05) is 0 Å². The van der Waals surface area contributed by atoms with Crippen molar-refractivity contribution in [2.75, 3.05) is 23.4 Å². The first kappa shape index (κ1) is 22.6. The van der Waals surface area contributed by atoms with Gasteiger partial charge in [0.15, 0.2) is 6.10 Å². The third kappa shape index (κ3) is 8.52. The third-order valence-electron chi connectivity index (χ3n) is 4.55. The van der Waals surface area contributed by atoms with Gasteiger partial charge in [-0.15, -0.1) is 11.8 Å². The molecule has 0 aliphatic heterocycles. The van der Waals surface area contributed by atoms with Crippen LogP contribution in [-0.2, 0) is 19.1 Å². The summed E-state index contributed by atoms with van der Waals surface area (Å²) in [5.74, 6) is -0.364. The van der Waals surface area contributed by atoms with Crippen LogP contribution in [0.15, 0.2) is 24.3 Å². The Morgan fingerprint density at radius 2 is 1.82 bits per heavy atom. The highest BCUT2D eigenvalue weighted by Crippen LogP contribution is 2.22. The average Bonchev–Trinajstić information content (AvgIpc) is 2.68. The fraction of sp³-hybridized carbons (Fsp3) is 0.550. The van der Waals surface area contributed by atoms with Crippen molar-refractivity contribution in [3.63, 3.8) is 0 Å². The van der Waals surface area contributed by atoms with Gasteiger partial charge in [-0.3, -0.25) is 14.4 Å². The van der Waals surface area contributed by atoms with Gasteiger partial charge in [0.1, 0.15) is 0 Å². The van der Waals surface area contributed by atoms with Crippen LogP contribution in [-0.4, -0.2) is 41.9 Å². The number of nitrogens with one attached hydrogen (secondary N) is 2. The summed E-state index contributed by atoms with van der Waals surface area (Å²) >= 11 is 6.93. The first-order chi connectivity index (χ1) is 13.4. The molecule has 1 fully saturated rings. The van der Waals surface area contributed by atoms with E-state index < -0.39 is 12.1 Å². The quantitative estimate of drug-likeness (QED) is 0.589. The molecule has 154 valence electrons. The number of thioether (sulfide) groups is 1. The largest absolute Gasteiger partial charge is 0.452 e. The fourth-order valence-electron chi connectivity index (χ4n) is 3.02. The number of carbonyl (C=O) groups excluding carboxylic acids is 3. The number of ether oxygens (including phenoxy) is 1. The summed E-state index contributed by atoms with van der Waals surface area (Å²) in [6.07, 6.45) is 5.15. The fourth-order valence-corrected chi connectivity index (χ4v) is 3.74. The predicted molar refractivity (Wildman–Crippen MR) is 113 cm³/mol. The van der Waals surface area contributed by atoms with E-state index in [0.29, 0.717) is 23.2 Å². The number of esters is 1. The molecule has 6 nitrogen and oxygen atoms in total. The van der Waals surface area contributed by atoms with Gasteiger partial charge in [0.2, 0.25) is 5.91 Å². The smallest absolute Gasteiger partial charge is 0.316 e. The summed E-state index contributed by atoms with van der Waals surface area (Å²) in [5.41, 5.74) is 0.640. The minimum Gasteiger partial charge on any atom is -0.452 e. The lowest BCUT2D eigenvalue weighted by atomic mass is 9.89. The summed E-state index contributed by atoms with van der Waals surface area (Å²) in [7, 11) is 0. The molecule has 1 saturated carbocycles. The Bertz CT molecular complexity index is 663. The highest BCUT2D eigenvalue weighted by Gasteiger charge is 2.20. The zero-order chi connectivity index (χ0) is 20.4. The summed E-state index contributed by atoms with van der Waals surface area (Å²) in [6, 6.07) is 6.77. The number of anilines is 1. The first-order valence-corrected chi connectivity index (χ1v) is 11.1. The summed E-state index contributed by atoms with van der Waals surface area (Å²) in [6.45, 7) is 2.20. The predicted octanol–water partition coefficient (Wildman–Crippen LogP) is 3.64. The lowest BCUT2D eigenvalue weighted by molar-refractivity contribution is -0.152. The molecule has 0 heterocycles. The highest BCUT2D eigenvalue weighted by atomic mass is 35.5. The van der Waals surface area contributed by atoms with Crippen molar-refractivity contribution >= 4 is 46.8 Å². The second-order valence-electron chi connectivity index (χ2n) is 6.93. The van der Waals surface area contributed by atoms with Crippen LogP contribution in [0.2, 0.25) is 5.02 Å². The molecule has 0 spiro atoms. The van der Waals surface area contributed by atoms with E-state index in [-0.39, 0.29) is 23.3 Å². The molecule has 2 rings (SSSR count). The maximum atomic E-state index is 12.1. The number of amides is 2. The molecule has 1 aliphatic carbocycles. The molecule has 0 bridgehead atoms. The molecule has 2 amide bonds. The molecule has 0 radical (unpaired) electrons. The number of hydrogen-bond donors (Lipinski definition) is 2. The minimum atomic E-state index is -0.834. The van der Waals surface area contributed by atoms with Gasteiger partial charge in [-0.2, -0.15) is 0 Å². The van der Waals surface area contributed by atoms with Crippen LogP contribution in [0.4, 0.5) is 5.69 Å². The Kier molecular flexibility index (Phi) is 9.64. The second kappa shape index (κ2) is 12.0. The van der Waals surface area contributed by atoms with Crippen LogP contribution < -0.4 is 10.6 Å². The molecule has 1 aliphatic rings. The van der Waals surface area contributed by atoms with Crippen LogP contribution in [0, 0.1) is 5.92 Å². The molecule has 8 heteroatoms. The molecule has 1 atom stereocenters. The summed E-state index contributed by atoms with van der Waals surface area (Å²) in [4.78, 5) is 35.8. The van der Waals surface area contributed by atoms with Crippen molar-refractivity contribution in [2.24, 2.45) is 5.92 Å². The van der Waals surface area contributed by atoms with E-state index in [1.165, 1.54) is 19.3 Å². The number of carbonyl (C=O) groups is 3. The molecule has 0 saturated heterocycles. The maximum Gasteiger partial charge on any atom is 0.316 e. The Morgan fingerprint density at radius 1 is 1.14 bits per heavy atom. The van der Waals surface area contributed by atoms with E-state index in [2.05, 4.69) is 10.6 Å². The zero-order valence-corrected chi connectivity index (χ0v) is 17.6. The monoisotopic (exact) mass is 426 g/mol. The third-order valence-corrected chi connectivity index (χ3v) is 5.71. The molecule has 0 unspecified atom stereocenters. The first-order valence-electron chi connectivity index (χ1n) is 9.54. The van der Waals surface area contributed by atoms with Gasteiger partial charge >= 0.3 is 5.97 Å². The molecule has 1 aromatic rings. The second-order valence-corrected chi connectivity index (χ2v) is 8.35. The molecular weight excluding hydrogens is 400 g/mol. The Balaban J connectivity index is 1.59. The van der Waals surface area contributed by atoms with Crippen LogP contribution in [0.5, 0.6) is 0 Å². The number of rotatable bonds is 9. The van der Waals surface area contributed by atoms with E-state index in [0.717, 1.165) is 24.6 Å². The van der Waals surface area contributed by atoms with Gasteiger partial charge in [0, 0.05) is 17.3 Å². The van der Waals surface area contributed by atoms with Gasteiger partial charge < -0.3 is 15.4 Å². The lowest BCUT2D eigenvalue weighted by Gasteiger charge is -2.22. The van der Waals surface area contributed by atoms with Crippen molar-refractivity contribution in [1.29, 1.82) is 0 Å². The van der Waals surface area contributed by atoms with E-state index >= 15 is 0 Å². The van der Waals surface area contributed by atoms with Gasteiger partial charge in [0.05, 0.1) is 11.5 Å². The Morgan fingerprint density at radius 3 is 2.50 bits per heavy atom. The van der Waals surface area contributed by atoms with Crippen molar-refractivity contribution in [3.05, 3.63) is 29.3 Å². The average molecular weight is 427 g/mol. The minimum absolute atomic E-state index is 0.00822. The lowest BCUT2D eigenvalue weighted by Crippen LogP contribution is -2.39. The zero-order valence-electron chi connectivity index (χ0n) is 16.0. The number of halogens is 1. The van der Waals surface area contributed by atoms with E-state index in [9.17, 15) is 14.4 Å².